The summed E-state index contributed by atoms with van der Waals surface area (Å²) in [4.78, 5) is 0. The maximum Gasteiger partial charge on any atom is 0.0445 e. The molecule has 0 spiro atoms. The highest BCUT2D eigenvalue weighted by atomic mass is 16.3. The van der Waals surface area contributed by atoms with E-state index >= 15 is 0 Å². The molecule has 0 aromatic carbocycles. The molecule has 0 bridgehead atoms. The lowest BCUT2D eigenvalue weighted by Crippen LogP contribution is -2.44. The molecule has 1 aliphatic carbocycles. The van der Waals surface area contributed by atoms with Gasteiger partial charge in [-0.2, -0.15) is 0 Å². The summed E-state index contributed by atoms with van der Waals surface area (Å²) in [5.74, 6) is 0.613. The Morgan fingerprint density at radius 3 is 2.25 bits per heavy atom. The summed E-state index contributed by atoms with van der Waals surface area (Å²) in [7, 11) is 0. The topological polar surface area (TPSA) is 32.3 Å². The predicted molar refractivity (Wildman–Crippen MR) is 69.5 cm³/mol. The summed E-state index contributed by atoms with van der Waals surface area (Å²) in [6.45, 7) is 9.52. The van der Waals surface area contributed by atoms with E-state index in [9.17, 15) is 0 Å². The number of aliphatic hydroxyl groups excluding tert-OH is 1. The molecule has 0 aliphatic heterocycles. The fourth-order valence-corrected chi connectivity index (χ4v) is 2.62. The Kier molecular flexibility index (Phi) is 5.26. The summed E-state index contributed by atoms with van der Waals surface area (Å²) in [5, 5.41) is 12.8. The largest absolute Gasteiger partial charge is 0.396 e. The van der Waals surface area contributed by atoms with E-state index < -0.39 is 0 Å². The van der Waals surface area contributed by atoms with E-state index in [2.05, 4.69) is 33.0 Å². The Morgan fingerprint density at radius 2 is 1.81 bits per heavy atom. The van der Waals surface area contributed by atoms with Crippen molar-refractivity contribution in [1.82, 2.24) is 5.32 Å². The first-order valence-electron chi connectivity index (χ1n) is 6.81. The van der Waals surface area contributed by atoms with Gasteiger partial charge in [-0.3, -0.25) is 0 Å². The highest BCUT2D eigenvalue weighted by Crippen LogP contribution is 2.35. The zero-order valence-electron chi connectivity index (χ0n) is 11.4. The molecule has 1 unspecified atom stereocenters. The van der Waals surface area contributed by atoms with Crippen molar-refractivity contribution in [2.75, 3.05) is 6.61 Å². The normalized spacial score (nSPS) is 23.6. The Labute approximate surface area is 101 Å². The smallest absolute Gasteiger partial charge is 0.0445 e. The predicted octanol–water partition coefficient (Wildman–Crippen LogP) is 2.95. The molecule has 2 N–H and O–H groups in total. The van der Waals surface area contributed by atoms with Gasteiger partial charge in [-0.1, -0.05) is 27.7 Å². The highest BCUT2D eigenvalue weighted by Gasteiger charge is 2.28. The molecule has 0 amide bonds. The third-order valence-electron chi connectivity index (χ3n) is 4.03. The van der Waals surface area contributed by atoms with Crippen LogP contribution in [0.3, 0.4) is 0 Å². The van der Waals surface area contributed by atoms with Crippen molar-refractivity contribution in [3.63, 3.8) is 0 Å². The third kappa shape index (κ3) is 4.42. The van der Waals surface area contributed by atoms with Gasteiger partial charge in [0, 0.05) is 18.7 Å². The van der Waals surface area contributed by atoms with Crippen LogP contribution in [0.15, 0.2) is 0 Å². The van der Waals surface area contributed by atoms with Crippen LogP contribution in [0.2, 0.25) is 0 Å². The van der Waals surface area contributed by atoms with Crippen molar-refractivity contribution >= 4 is 0 Å². The number of hydrogen-bond donors (Lipinski definition) is 2. The van der Waals surface area contributed by atoms with Gasteiger partial charge in [0.15, 0.2) is 0 Å². The molecular formula is C14H29NO. The fraction of sp³-hybridized carbons (Fsp3) is 1.00. The Balaban J connectivity index is 2.36. The molecule has 0 heterocycles. The van der Waals surface area contributed by atoms with Crippen LogP contribution in [-0.2, 0) is 0 Å². The number of nitrogens with one attached hydrogen (secondary N) is 1. The van der Waals surface area contributed by atoms with E-state index in [1.165, 1.54) is 25.7 Å². The van der Waals surface area contributed by atoms with Crippen LogP contribution < -0.4 is 5.32 Å². The summed E-state index contributed by atoms with van der Waals surface area (Å²) in [5.41, 5.74) is 0.544. The van der Waals surface area contributed by atoms with Gasteiger partial charge >= 0.3 is 0 Å². The van der Waals surface area contributed by atoms with Crippen molar-refractivity contribution < 1.29 is 5.11 Å². The molecular weight excluding hydrogens is 198 g/mol. The quantitative estimate of drug-likeness (QED) is 0.757. The molecule has 1 rings (SSSR count). The van der Waals surface area contributed by atoms with Crippen LogP contribution in [0, 0.1) is 11.3 Å². The van der Waals surface area contributed by atoms with Crippen LogP contribution in [0.1, 0.15) is 59.8 Å². The SMILES string of the molecule is CC(C)C(CCO)NC1CCC(C)(C)CC1. The van der Waals surface area contributed by atoms with Crippen LogP contribution in [-0.4, -0.2) is 23.8 Å². The molecule has 1 fully saturated rings. The zero-order valence-corrected chi connectivity index (χ0v) is 11.4. The molecule has 0 radical (unpaired) electrons. The number of aliphatic hydroxyl groups is 1. The van der Waals surface area contributed by atoms with Gasteiger partial charge in [0.2, 0.25) is 0 Å². The Bertz CT molecular complexity index is 191. The van der Waals surface area contributed by atoms with Crippen molar-refractivity contribution in [2.45, 2.75) is 71.9 Å². The number of hydrogen-bond acceptors (Lipinski definition) is 2. The van der Waals surface area contributed by atoms with Crippen LogP contribution in [0.5, 0.6) is 0 Å². The average molecular weight is 227 g/mol. The lowest BCUT2D eigenvalue weighted by atomic mass is 9.75. The van der Waals surface area contributed by atoms with Crippen LogP contribution in [0.4, 0.5) is 0 Å². The lowest BCUT2D eigenvalue weighted by Gasteiger charge is -2.37. The maximum absolute atomic E-state index is 9.06. The van der Waals surface area contributed by atoms with E-state index in [1.54, 1.807) is 0 Å². The van der Waals surface area contributed by atoms with Crippen molar-refractivity contribution in [2.24, 2.45) is 11.3 Å². The molecule has 0 aromatic rings. The van der Waals surface area contributed by atoms with Crippen molar-refractivity contribution in [3.8, 4) is 0 Å². The second-order valence-corrected chi connectivity index (χ2v) is 6.47. The van der Waals surface area contributed by atoms with E-state index in [0.29, 0.717) is 30.0 Å². The van der Waals surface area contributed by atoms with Crippen molar-refractivity contribution in [3.05, 3.63) is 0 Å². The van der Waals surface area contributed by atoms with E-state index in [4.69, 9.17) is 5.11 Å². The lowest BCUT2D eigenvalue weighted by molar-refractivity contribution is 0.176. The van der Waals surface area contributed by atoms with Crippen LogP contribution in [0.25, 0.3) is 0 Å². The molecule has 2 heteroatoms. The Morgan fingerprint density at radius 1 is 1.25 bits per heavy atom. The minimum atomic E-state index is 0.300. The molecule has 2 nitrogen and oxygen atoms in total. The second-order valence-electron chi connectivity index (χ2n) is 6.47. The van der Waals surface area contributed by atoms with Gasteiger partial charge in [-0.05, 0) is 43.4 Å². The van der Waals surface area contributed by atoms with E-state index in [1.807, 2.05) is 0 Å². The molecule has 0 aromatic heterocycles. The maximum atomic E-state index is 9.06. The van der Waals surface area contributed by atoms with Gasteiger partial charge in [-0.15, -0.1) is 0 Å². The fourth-order valence-electron chi connectivity index (χ4n) is 2.62. The van der Waals surface area contributed by atoms with E-state index in [-0.39, 0.29) is 0 Å². The van der Waals surface area contributed by atoms with Gasteiger partial charge in [0.05, 0.1) is 0 Å². The summed E-state index contributed by atoms with van der Waals surface area (Å²) < 4.78 is 0. The third-order valence-corrected chi connectivity index (χ3v) is 4.03. The van der Waals surface area contributed by atoms with Gasteiger partial charge in [0.1, 0.15) is 0 Å². The molecule has 16 heavy (non-hydrogen) atoms. The Hall–Kier alpha value is -0.0800. The highest BCUT2D eigenvalue weighted by molar-refractivity contribution is 4.85. The molecule has 1 aliphatic rings. The number of rotatable bonds is 5. The van der Waals surface area contributed by atoms with Crippen molar-refractivity contribution in [1.29, 1.82) is 0 Å². The molecule has 1 saturated carbocycles. The average Bonchev–Trinajstić information content (AvgIpc) is 2.20. The summed E-state index contributed by atoms with van der Waals surface area (Å²) >= 11 is 0. The summed E-state index contributed by atoms with van der Waals surface area (Å²) in [6, 6.07) is 1.16. The standard InChI is InChI=1S/C14H29NO/c1-11(2)13(7-10-16)15-12-5-8-14(3,4)9-6-12/h11-13,15-16H,5-10H2,1-4H3. The molecule has 1 atom stereocenters. The first kappa shape index (κ1) is 14.0. The van der Waals surface area contributed by atoms with Crippen LogP contribution >= 0.6 is 0 Å². The van der Waals surface area contributed by atoms with E-state index in [0.717, 1.165) is 6.42 Å². The second kappa shape index (κ2) is 6.02. The first-order valence-corrected chi connectivity index (χ1v) is 6.81. The monoisotopic (exact) mass is 227 g/mol. The van der Waals surface area contributed by atoms with Gasteiger partial charge in [0.25, 0.3) is 0 Å². The minimum absolute atomic E-state index is 0.300. The molecule has 96 valence electrons. The zero-order chi connectivity index (χ0) is 12.2. The van der Waals surface area contributed by atoms with Gasteiger partial charge < -0.3 is 10.4 Å². The van der Waals surface area contributed by atoms with Gasteiger partial charge in [-0.25, -0.2) is 0 Å². The first-order chi connectivity index (χ1) is 7.44. The minimum Gasteiger partial charge on any atom is -0.396 e. The molecule has 0 saturated heterocycles. The summed E-state index contributed by atoms with van der Waals surface area (Å²) in [6.07, 6.45) is 6.13.